The molecule has 24 heavy (non-hydrogen) atoms. The Morgan fingerprint density at radius 2 is 2.08 bits per heavy atom. The molecule has 2 saturated heterocycles. The van der Waals surface area contributed by atoms with E-state index in [9.17, 15) is 19.8 Å². The molecule has 3 unspecified atom stereocenters. The lowest BCUT2D eigenvalue weighted by molar-refractivity contribution is -0.158. The number of benzene rings is 1. The number of halogens is 2. The molecule has 1 aromatic carbocycles. The van der Waals surface area contributed by atoms with E-state index >= 15 is 0 Å². The number of amides is 1. The van der Waals surface area contributed by atoms with Gasteiger partial charge in [0.1, 0.15) is 17.2 Å². The third-order valence-corrected chi connectivity index (χ3v) is 6.70. The smallest absolute Gasteiger partial charge is 0.327 e. The lowest BCUT2D eigenvalue weighted by Crippen LogP contribution is -2.64. The number of rotatable bonds is 3. The maximum Gasteiger partial charge on any atom is 0.327 e. The molecule has 2 fully saturated rings. The average Bonchev–Trinajstić information content (AvgIpc) is 2.72. The third-order valence-electron chi connectivity index (χ3n) is 4.08. The lowest BCUT2D eigenvalue weighted by atomic mass is 9.96. The van der Waals surface area contributed by atoms with E-state index in [4.69, 9.17) is 0 Å². The second-order valence-electron chi connectivity index (χ2n) is 6.15. The molecule has 0 aromatic heterocycles. The van der Waals surface area contributed by atoms with Crippen molar-refractivity contribution in [2.75, 3.05) is 0 Å². The molecule has 2 heterocycles. The summed E-state index contributed by atoms with van der Waals surface area (Å²) in [4.78, 5) is 29.5. The standard InChI is InChI=1S/C15H14Br2N2O4S/c1-15(2)11(14(22)23)19-12(21)9(13(19)24-15)18-5-6-3-7(16)4-8(17)10(6)20/h3-5,9,11,13,20H,1-2H3,(H,22,23). The number of carbonyl (C=O) groups is 2. The highest BCUT2D eigenvalue weighted by atomic mass is 79.9. The van der Waals surface area contributed by atoms with E-state index in [2.05, 4.69) is 36.9 Å². The van der Waals surface area contributed by atoms with Gasteiger partial charge in [-0.1, -0.05) is 15.9 Å². The number of aliphatic imine (C=N–C) groups is 1. The van der Waals surface area contributed by atoms with E-state index in [1.807, 2.05) is 13.8 Å². The predicted molar refractivity (Wildman–Crippen MR) is 98.6 cm³/mol. The Bertz CT molecular complexity index is 768. The van der Waals surface area contributed by atoms with Crippen molar-refractivity contribution < 1.29 is 19.8 Å². The van der Waals surface area contributed by atoms with Crippen LogP contribution in [-0.2, 0) is 9.59 Å². The van der Waals surface area contributed by atoms with Crippen LogP contribution < -0.4 is 0 Å². The fraction of sp³-hybridized carbons (Fsp3) is 0.400. The summed E-state index contributed by atoms with van der Waals surface area (Å²) in [5, 5.41) is 19.1. The highest BCUT2D eigenvalue weighted by Crippen LogP contribution is 2.51. The van der Waals surface area contributed by atoms with Gasteiger partial charge >= 0.3 is 5.97 Å². The van der Waals surface area contributed by atoms with Crippen LogP contribution >= 0.6 is 43.6 Å². The van der Waals surface area contributed by atoms with Crippen molar-refractivity contribution in [1.29, 1.82) is 0 Å². The number of carbonyl (C=O) groups excluding carboxylic acids is 1. The lowest BCUT2D eigenvalue weighted by Gasteiger charge is -2.41. The van der Waals surface area contributed by atoms with Crippen LogP contribution in [0.2, 0.25) is 0 Å². The number of hydrogen-bond acceptors (Lipinski definition) is 5. The molecule has 0 spiro atoms. The number of hydrogen-bond donors (Lipinski definition) is 2. The van der Waals surface area contributed by atoms with Gasteiger partial charge in [0.15, 0.2) is 6.04 Å². The fourth-order valence-corrected chi connectivity index (χ4v) is 5.85. The maximum atomic E-state index is 12.3. The Morgan fingerprint density at radius 1 is 1.42 bits per heavy atom. The van der Waals surface area contributed by atoms with Crippen molar-refractivity contribution in [3.05, 3.63) is 26.6 Å². The van der Waals surface area contributed by atoms with Crippen molar-refractivity contribution in [2.24, 2.45) is 4.99 Å². The molecule has 2 aliphatic heterocycles. The van der Waals surface area contributed by atoms with Gasteiger partial charge in [0.05, 0.1) is 4.47 Å². The Labute approximate surface area is 159 Å². The summed E-state index contributed by atoms with van der Waals surface area (Å²) in [7, 11) is 0. The summed E-state index contributed by atoms with van der Waals surface area (Å²) in [5.74, 6) is -1.26. The number of carboxylic acids is 1. The monoisotopic (exact) mass is 476 g/mol. The van der Waals surface area contributed by atoms with Gasteiger partial charge in [0.25, 0.3) is 5.91 Å². The van der Waals surface area contributed by atoms with Gasteiger partial charge in [-0.05, 0) is 41.9 Å². The van der Waals surface area contributed by atoms with Crippen molar-refractivity contribution in [3.63, 3.8) is 0 Å². The highest BCUT2D eigenvalue weighted by Gasteiger charge is 2.63. The van der Waals surface area contributed by atoms with Gasteiger partial charge in [-0.25, -0.2) is 4.79 Å². The van der Waals surface area contributed by atoms with Crippen LogP contribution in [0.5, 0.6) is 5.75 Å². The van der Waals surface area contributed by atoms with E-state index in [0.29, 0.717) is 10.0 Å². The van der Waals surface area contributed by atoms with Crippen LogP contribution in [-0.4, -0.2) is 55.4 Å². The molecule has 0 saturated carbocycles. The minimum absolute atomic E-state index is 0.0356. The number of phenolic OH excluding ortho intramolecular Hbond substituents is 1. The van der Waals surface area contributed by atoms with Gasteiger partial charge < -0.3 is 15.1 Å². The SMILES string of the molecule is CC1(C)SC2C(N=Cc3cc(Br)cc(Br)c3O)C(=O)N2C1C(=O)O. The number of nitrogens with zero attached hydrogens (tertiary/aromatic N) is 2. The first kappa shape index (κ1) is 17.8. The minimum atomic E-state index is -1.00. The molecule has 128 valence electrons. The van der Waals surface area contributed by atoms with Crippen LogP contribution in [0.25, 0.3) is 0 Å². The maximum absolute atomic E-state index is 12.3. The van der Waals surface area contributed by atoms with Crippen LogP contribution in [0.4, 0.5) is 0 Å². The van der Waals surface area contributed by atoms with E-state index < -0.39 is 22.8 Å². The zero-order valence-corrected chi connectivity index (χ0v) is 16.7. The molecule has 3 atom stereocenters. The molecule has 0 aliphatic carbocycles. The Hall–Kier alpha value is -1.06. The number of fused-ring (bicyclic) bond motifs is 1. The summed E-state index contributed by atoms with van der Waals surface area (Å²) < 4.78 is 0.705. The molecule has 1 aromatic rings. The summed E-state index contributed by atoms with van der Waals surface area (Å²) in [6, 6.07) is 1.92. The average molecular weight is 478 g/mol. The molecule has 2 aliphatic rings. The Kier molecular flexibility index (Phi) is 4.46. The van der Waals surface area contributed by atoms with Gasteiger partial charge in [0.2, 0.25) is 0 Å². The second kappa shape index (κ2) is 6.03. The molecule has 9 heteroatoms. The van der Waals surface area contributed by atoms with E-state index in [-0.39, 0.29) is 17.0 Å². The first-order valence-electron chi connectivity index (χ1n) is 7.07. The van der Waals surface area contributed by atoms with Crippen molar-refractivity contribution >= 4 is 61.7 Å². The number of aliphatic carboxylic acids is 1. The molecular weight excluding hydrogens is 464 g/mol. The van der Waals surface area contributed by atoms with Gasteiger partial charge in [0, 0.05) is 21.0 Å². The molecule has 6 nitrogen and oxygen atoms in total. The van der Waals surface area contributed by atoms with E-state index in [1.54, 1.807) is 12.1 Å². The minimum Gasteiger partial charge on any atom is -0.506 e. The molecule has 0 radical (unpaired) electrons. The predicted octanol–water partition coefficient (Wildman–Crippen LogP) is 2.85. The summed E-state index contributed by atoms with van der Waals surface area (Å²) >= 11 is 8.02. The number of aromatic hydroxyl groups is 1. The molecule has 3 rings (SSSR count). The normalized spacial score (nSPS) is 28.1. The topological polar surface area (TPSA) is 90.2 Å². The Balaban J connectivity index is 1.84. The number of carboxylic acid groups (broad SMARTS) is 1. The van der Waals surface area contributed by atoms with Gasteiger partial charge in [-0.15, -0.1) is 11.8 Å². The molecule has 2 N–H and O–H groups in total. The molecule has 1 amide bonds. The second-order valence-corrected chi connectivity index (χ2v) is 9.69. The number of β-lactam (4-membered cyclic amide) rings is 1. The van der Waals surface area contributed by atoms with Crippen LogP contribution in [0.1, 0.15) is 19.4 Å². The van der Waals surface area contributed by atoms with Crippen molar-refractivity contribution in [1.82, 2.24) is 4.90 Å². The fourth-order valence-electron chi connectivity index (χ4n) is 2.97. The zero-order valence-electron chi connectivity index (χ0n) is 12.7. The zero-order chi connectivity index (χ0) is 17.8. The summed E-state index contributed by atoms with van der Waals surface area (Å²) in [5.41, 5.74) is 0.472. The van der Waals surface area contributed by atoms with Crippen LogP contribution in [0.15, 0.2) is 26.1 Å². The molecule has 0 bridgehead atoms. The third kappa shape index (κ3) is 2.76. The summed E-state index contributed by atoms with van der Waals surface area (Å²) in [6.45, 7) is 3.64. The van der Waals surface area contributed by atoms with Gasteiger partial charge in [-0.2, -0.15) is 0 Å². The quantitative estimate of drug-likeness (QED) is 0.516. The first-order valence-corrected chi connectivity index (χ1v) is 9.54. The van der Waals surface area contributed by atoms with E-state index in [0.717, 1.165) is 4.47 Å². The summed E-state index contributed by atoms with van der Waals surface area (Å²) in [6.07, 6.45) is 1.45. The van der Waals surface area contributed by atoms with Crippen LogP contribution in [0.3, 0.4) is 0 Å². The number of thioether (sulfide) groups is 1. The van der Waals surface area contributed by atoms with Crippen molar-refractivity contribution in [2.45, 2.75) is 36.1 Å². The van der Waals surface area contributed by atoms with Crippen molar-refractivity contribution in [3.8, 4) is 5.75 Å². The van der Waals surface area contributed by atoms with E-state index in [1.165, 1.54) is 22.9 Å². The highest BCUT2D eigenvalue weighted by molar-refractivity contribution is 9.11. The largest absolute Gasteiger partial charge is 0.506 e. The van der Waals surface area contributed by atoms with Gasteiger partial charge in [-0.3, -0.25) is 9.79 Å². The first-order chi connectivity index (χ1) is 11.1. The number of phenols is 1. The Morgan fingerprint density at radius 3 is 2.71 bits per heavy atom. The molecular formula is C15H14Br2N2O4S. The van der Waals surface area contributed by atoms with Crippen LogP contribution in [0, 0.1) is 0 Å².